The molecule has 2 aromatic rings. The number of benzene rings is 2. The second-order valence-corrected chi connectivity index (χ2v) is 6.58. The zero-order valence-electron chi connectivity index (χ0n) is 15.3. The van der Waals surface area contributed by atoms with E-state index in [0.717, 1.165) is 12.0 Å². The fourth-order valence-electron chi connectivity index (χ4n) is 3.04. The van der Waals surface area contributed by atoms with Gasteiger partial charge in [-0.25, -0.2) is 0 Å². The van der Waals surface area contributed by atoms with Crippen LogP contribution >= 0.6 is 0 Å². The van der Waals surface area contributed by atoms with Crippen molar-refractivity contribution in [3.05, 3.63) is 65.7 Å². The Kier molecular flexibility index (Phi) is 6.82. The van der Waals surface area contributed by atoms with Crippen molar-refractivity contribution in [1.82, 2.24) is 0 Å². The Balaban J connectivity index is 1.68. The Morgan fingerprint density at radius 3 is 2.22 bits per heavy atom. The van der Waals surface area contributed by atoms with E-state index in [4.69, 9.17) is 14.2 Å². The lowest BCUT2D eigenvalue weighted by Crippen LogP contribution is -2.60. The van der Waals surface area contributed by atoms with Gasteiger partial charge in [0.25, 0.3) is 0 Å². The van der Waals surface area contributed by atoms with Crippen molar-refractivity contribution in [2.75, 3.05) is 6.61 Å². The largest absolute Gasteiger partial charge is 0.462 e. The molecule has 0 bridgehead atoms. The molecule has 0 saturated carbocycles. The Morgan fingerprint density at radius 2 is 1.59 bits per heavy atom. The molecular formula is C21H26O6. The van der Waals surface area contributed by atoms with E-state index in [-0.39, 0.29) is 6.61 Å². The Hall–Kier alpha value is -1.96. The van der Waals surface area contributed by atoms with Crippen molar-refractivity contribution in [3.8, 4) is 5.75 Å². The first kappa shape index (κ1) is 19.8. The third-order valence-corrected chi connectivity index (χ3v) is 4.69. The van der Waals surface area contributed by atoms with Crippen LogP contribution in [0.25, 0.3) is 0 Å². The molecule has 1 saturated heterocycles. The van der Waals surface area contributed by atoms with Crippen LogP contribution in [0.15, 0.2) is 54.6 Å². The van der Waals surface area contributed by atoms with E-state index in [9.17, 15) is 15.3 Å². The summed E-state index contributed by atoms with van der Waals surface area (Å²) >= 11 is 0. The maximum absolute atomic E-state index is 10.6. The van der Waals surface area contributed by atoms with Crippen LogP contribution in [0.4, 0.5) is 0 Å². The van der Waals surface area contributed by atoms with Crippen molar-refractivity contribution in [3.63, 3.8) is 0 Å². The molecule has 146 valence electrons. The summed E-state index contributed by atoms with van der Waals surface area (Å²) < 4.78 is 17.0. The van der Waals surface area contributed by atoms with Gasteiger partial charge in [0.2, 0.25) is 6.29 Å². The van der Waals surface area contributed by atoms with Crippen LogP contribution in [-0.2, 0) is 22.5 Å². The number of aliphatic hydroxyl groups is 3. The van der Waals surface area contributed by atoms with Gasteiger partial charge in [-0.05, 0) is 29.7 Å². The van der Waals surface area contributed by atoms with Crippen molar-refractivity contribution >= 4 is 0 Å². The summed E-state index contributed by atoms with van der Waals surface area (Å²) in [7, 11) is 0. The molecule has 1 aliphatic heterocycles. The summed E-state index contributed by atoms with van der Waals surface area (Å²) in [6, 6.07) is 16.9. The highest BCUT2D eigenvalue weighted by Gasteiger charge is 2.46. The van der Waals surface area contributed by atoms with Crippen molar-refractivity contribution in [2.45, 2.75) is 50.7 Å². The van der Waals surface area contributed by atoms with Crippen molar-refractivity contribution in [1.29, 1.82) is 0 Å². The van der Waals surface area contributed by atoms with Crippen molar-refractivity contribution < 1.29 is 29.5 Å². The minimum Gasteiger partial charge on any atom is -0.462 e. The van der Waals surface area contributed by atoms with Crippen LogP contribution in [-0.4, -0.2) is 52.6 Å². The lowest BCUT2D eigenvalue weighted by molar-refractivity contribution is -0.287. The van der Waals surface area contributed by atoms with Gasteiger partial charge < -0.3 is 29.5 Å². The quantitative estimate of drug-likeness (QED) is 0.683. The van der Waals surface area contributed by atoms with Crippen LogP contribution in [0.1, 0.15) is 18.1 Å². The SMILES string of the molecule is CCc1ccc(CO[C@@H]2[C@@H](O)[C@H](Oc3ccccc3)O[C@H](CO)[C@H]2O)cc1. The van der Waals surface area contributed by atoms with Gasteiger partial charge in [-0.15, -0.1) is 0 Å². The summed E-state index contributed by atoms with van der Waals surface area (Å²) in [6.07, 6.45) is -4.34. The highest BCUT2D eigenvalue weighted by molar-refractivity contribution is 5.22. The molecule has 1 fully saturated rings. The van der Waals surface area contributed by atoms with Gasteiger partial charge in [0.15, 0.2) is 0 Å². The van der Waals surface area contributed by atoms with Gasteiger partial charge in [-0.1, -0.05) is 49.4 Å². The molecule has 0 unspecified atom stereocenters. The molecule has 6 nitrogen and oxygen atoms in total. The maximum atomic E-state index is 10.6. The molecule has 0 amide bonds. The fraction of sp³-hybridized carbons (Fsp3) is 0.429. The highest BCUT2D eigenvalue weighted by Crippen LogP contribution is 2.26. The predicted molar refractivity (Wildman–Crippen MR) is 99.2 cm³/mol. The number of hydrogen-bond acceptors (Lipinski definition) is 6. The number of ether oxygens (including phenoxy) is 3. The molecule has 27 heavy (non-hydrogen) atoms. The maximum Gasteiger partial charge on any atom is 0.229 e. The molecule has 0 radical (unpaired) electrons. The predicted octanol–water partition coefficient (Wildman–Crippen LogP) is 1.65. The second-order valence-electron chi connectivity index (χ2n) is 6.58. The van der Waals surface area contributed by atoms with Crippen LogP contribution in [0, 0.1) is 0 Å². The van der Waals surface area contributed by atoms with E-state index < -0.39 is 37.3 Å². The lowest BCUT2D eigenvalue weighted by atomic mass is 9.99. The number of hydrogen-bond donors (Lipinski definition) is 3. The van der Waals surface area contributed by atoms with Gasteiger partial charge in [0, 0.05) is 0 Å². The average Bonchev–Trinajstić information content (AvgIpc) is 2.71. The van der Waals surface area contributed by atoms with Gasteiger partial charge in [-0.2, -0.15) is 0 Å². The molecule has 0 aliphatic carbocycles. The highest BCUT2D eigenvalue weighted by atomic mass is 16.7. The van der Waals surface area contributed by atoms with Gasteiger partial charge in [0.05, 0.1) is 13.2 Å². The monoisotopic (exact) mass is 374 g/mol. The fourth-order valence-corrected chi connectivity index (χ4v) is 3.04. The van der Waals surface area contributed by atoms with E-state index in [0.29, 0.717) is 5.75 Å². The van der Waals surface area contributed by atoms with Crippen molar-refractivity contribution in [2.24, 2.45) is 0 Å². The Morgan fingerprint density at radius 1 is 0.926 bits per heavy atom. The molecule has 1 aliphatic rings. The summed E-state index contributed by atoms with van der Waals surface area (Å²) in [5.74, 6) is 0.517. The van der Waals surface area contributed by atoms with E-state index in [1.807, 2.05) is 30.3 Å². The number of aryl methyl sites for hydroxylation is 1. The molecule has 0 spiro atoms. The molecule has 3 rings (SSSR count). The summed E-state index contributed by atoms with van der Waals surface area (Å²) in [5, 5.41) is 30.5. The van der Waals surface area contributed by atoms with E-state index >= 15 is 0 Å². The van der Waals surface area contributed by atoms with Crippen LogP contribution in [0.5, 0.6) is 5.75 Å². The minimum atomic E-state index is -1.21. The summed E-state index contributed by atoms with van der Waals surface area (Å²) in [4.78, 5) is 0. The molecule has 2 aromatic carbocycles. The standard InChI is InChI=1S/C21H26O6/c1-2-14-8-10-15(11-9-14)13-25-20-18(23)17(12-22)27-21(19(20)24)26-16-6-4-3-5-7-16/h3-11,17-24H,2,12-13H2,1H3/t17-,18-,19-,20+,21-/m1/s1. The topological polar surface area (TPSA) is 88.4 Å². The Bertz CT molecular complexity index is 690. The zero-order valence-corrected chi connectivity index (χ0v) is 15.3. The van der Waals surface area contributed by atoms with Gasteiger partial charge in [-0.3, -0.25) is 0 Å². The van der Waals surface area contributed by atoms with E-state index in [1.54, 1.807) is 24.3 Å². The van der Waals surface area contributed by atoms with Crippen LogP contribution < -0.4 is 4.74 Å². The minimum absolute atomic E-state index is 0.221. The van der Waals surface area contributed by atoms with Gasteiger partial charge >= 0.3 is 0 Å². The summed E-state index contributed by atoms with van der Waals surface area (Å²) in [6.45, 7) is 1.90. The zero-order chi connectivity index (χ0) is 19.2. The normalized spacial score (nSPS) is 28.1. The number of rotatable bonds is 7. The number of aliphatic hydroxyl groups excluding tert-OH is 3. The molecule has 0 aromatic heterocycles. The van der Waals surface area contributed by atoms with Gasteiger partial charge in [0.1, 0.15) is 30.2 Å². The van der Waals surface area contributed by atoms with E-state index in [1.165, 1.54) is 5.56 Å². The molecule has 6 heteroatoms. The Labute approximate surface area is 158 Å². The first-order valence-corrected chi connectivity index (χ1v) is 9.16. The first-order chi connectivity index (χ1) is 13.1. The first-order valence-electron chi connectivity index (χ1n) is 9.16. The lowest BCUT2D eigenvalue weighted by Gasteiger charge is -2.41. The van der Waals surface area contributed by atoms with Crippen LogP contribution in [0.3, 0.4) is 0 Å². The summed E-state index contributed by atoms with van der Waals surface area (Å²) in [5.41, 5.74) is 2.15. The van der Waals surface area contributed by atoms with E-state index in [2.05, 4.69) is 6.92 Å². The molecule has 1 heterocycles. The second kappa shape index (κ2) is 9.30. The number of para-hydroxylation sites is 1. The third-order valence-electron chi connectivity index (χ3n) is 4.69. The molecular weight excluding hydrogens is 348 g/mol. The van der Waals surface area contributed by atoms with Crippen LogP contribution in [0.2, 0.25) is 0 Å². The third kappa shape index (κ3) is 4.86. The smallest absolute Gasteiger partial charge is 0.229 e. The molecule has 5 atom stereocenters. The average molecular weight is 374 g/mol. The molecule has 3 N–H and O–H groups in total.